The van der Waals surface area contributed by atoms with Crippen LogP contribution >= 0.6 is 0 Å². The van der Waals surface area contributed by atoms with E-state index in [-0.39, 0.29) is 17.6 Å². The van der Waals surface area contributed by atoms with E-state index in [0.29, 0.717) is 21.3 Å². The molecule has 1 aromatic rings. The minimum Gasteiger partial charge on any atom is -0.337 e. The molecule has 2 amide bonds. The molecule has 168 valence electrons. The van der Waals surface area contributed by atoms with Crippen molar-refractivity contribution in [2.24, 2.45) is 0 Å². The number of nitrogens with zero attached hydrogens (tertiary/aromatic N) is 3. The molecule has 0 aromatic heterocycles. The third-order valence-electron chi connectivity index (χ3n) is 7.44. The highest BCUT2D eigenvalue weighted by molar-refractivity contribution is 6.31. The quantitative estimate of drug-likeness (QED) is 0.423. The summed E-state index contributed by atoms with van der Waals surface area (Å²) in [7, 11) is 0. The van der Waals surface area contributed by atoms with E-state index >= 15 is 0 Å². The predicted octanol–water partition coefficient (Wildman–Crippen LogP) is 3.11. The van der Waals surface area contributed by atoms with E-state index in [1.165, 1.54) is 17.8 Å². The van der Waals surface area contributed by atoms with Gasteiger partial charge in [0.05, 0.1) is 5.57 Å². The van der Waals surface area contributed by atoms with E-state index < -0.39 is 0 Å². The number of hydrogen-bond donors (Lipinski definition) is 1. The van der Waals surface area contributed by atoms with Crippen molar-refractivity contribution in [3.8, 4) is 0 Å². The van der Waals surface area contributed by atoms with Crippen LogP contribution in [-0.4, -0.2) is 71.9 Å². The van der Waals surface area contributed by atoms with Crippen molar-refractivity contribution in [3.63, 3.8) is 0 Å². The standard InChI is InChI=1S/C25H29FN4O2/c1-4-28(5-2)10-11-29-9-8-21-23(25(29)32)16(3)22(30(21)12-13-30)15-19-18-14-17(26)6-7-20(18)27-24(19)31/h6-7,14-15H,4-5,8-13H2,1-3H3/p+1/b19-15-. The van der Waals surface area contributed by atoms with Gasteiger partial charge in [0.15, 0.2) is 0 Å². The van der Waals surface area contributed by atoms with Crippen molar-refractivity contribution < 1.29 is 18.5 Å². The van der Waals surface area contributed by atoms with E-state index in [1.54, 1.807) is 6.07 Å². The fraction of sp³-hybridized carbons (Fsp3) is 0.440. The molecule has 4 heterocycles. The summed E-state index contributed by atoms with van der Waals surface area (Å²) >= 11 is 0. The molecule has 1 aromatic carbocycles. The Kier molecular flexibility index (Phi) is 5.06. The van der Waals surface area contributed by atoms with E-state index in [4.69, 9.17) is 0 Å². The molecule has 1 saturated heterocycles. The van der Waals surface area contributed by atoms with Crippen LogP contribution in [0.2, 0.25) is 0 Å². The van der Waals surface area contributed by atoms with Gasteiger partial charge in [-0.2, -0.15) is 0 Å². The van der Waals surface area contributed by atoms with Crippen LogP contribution in [0.1, 0.15) is 32.8 Å². The first-order valence-electron chi connectivity index (χ1n) is 11.6. The average molecular weight is 438 g/mol. The predicted molar refractivity (Wildman–Crippen MR) is 122 cm³/mol. The average Bonchev–Trinajstić information content (AvgIpc) is 3.46. The second-order valence-corrected chi connectivity index (χ2v) is 9.02. The highest BCUT2D eigenvalue weighted by Crippen LogP contribution is 2.51. The Bertz CT molecular complexity index is 1110. The Balaban J connectivity index is 1.48. The molecular weight excluding hydrogens is 407 g/mol. The van der Waals surface area contributed by atoms with Crippen molar-refractivity contribution in [1.82, 2.24) is 9.80 Å². The summed E-state index contributed by atoms with van der Waals surface area (Å²) < 4.78 is 14.6. The van der Waals surface area contributed by atoms with Crippen LogP contribution in [0.5, 0.6) is 0 Å². The highest BCUT2D eigenvalue weighted by atomic mass is 19.1. The Morgan fingerprint density at radius 1 is 1.22 bits per heavy atom. The lowest BCUT2D eigenvalue weighted by molar-refractivity contribution is -0.710. The molecule has 32 heavy (non-hydrogen) atoms. The molecule has 0 radical (unpaired) electrons. The van der Waals surface area contributed by atoms with E-state index in [0.717, 1.165) is 69.1 Å². The topological polar surface area (TPSA) is 52.7 Å². The summed E-state index contributed by atoms with van der Waals surface area (Å²) in [5.41, 5.74) is 5.69. The van der Waals surface area contributed by atoms with Gasteiger partial charge in [-0.25, -0.2) is 4.39 Å². The van der Waals surface area contributed by atoms with Gasteiger partial charge in [0, 0.05) is 49.0 Å². The maximum atomic E-state index is 13.9. The van der Waals surface area contributed by atoms with E-state index in [9.17, 15) is 14.0 Å². The van der Waals surface area contributed by atoms with Crippen LogP contribution in [0.25, 0.3) is 5.57 Å². The van der Waals surface area contributed by atoms with Crippen LogP contribution < -0.4 is 5.32 Å². The van der Waals surface area contributed by atoms with Crippen molar-refractivity contribution in [3.05, 3.63) is 58.2 Å². The first-order valence-corrected chi connectivity index (χ1v) is 11.6. The second-order valence-electron chi connectivity index (χ2n) is 9.02. The zero-order chi connectivity index (χ0) is 22.6. The molecule has 0 saturated carbocycles. The summed E-state index contributed by atoms with van der Waals surface area (Å²) in [5.74, 6) is -0.477. The number of halogens is 1. The number of benzene rings is 1. The van der Waals surface area contributed by atoms with Gasteiger partial charge in [-0.1, -0.05) is 13.8 Å². The smallest absolute Gasteiger partial charge is 0.260 e. The van der Waals surface area contributed by atoms with E-state index in [1.807, 2.05) is 17.9 Å². The Morgan fingerprint density at radius 2 is 1.97 bits per heavy atom. The third-order valence-corrected chi connectivity index (χ3v) is 7.44. The molecule has 4 aliphatic rings. The normalized spacial score (nSPS) is 22.4. The van der Waals surface area contributed by atoms with Gasteiger partial charge < -0.3 is 15.1 Å². The minimum atomic E-state index is -0.365. The molecule has 6 nitrogen and oxygen atoms in total. The number of anilines is 1. The molecule has 0 bridgehead atoms. The molecule has 0 atom stereocenters. The second kappa shape index (κ2) is 7.67. The number of quaternary nitrogens is 1. The van der Waals surface area contributed by atoms with Gasteiger partial charge in [0.25, 0.3) is 11.8 Å². The molecule has 5 rings (SSSR count). The monoisotopic (exact) mass is 437 g/mol. The number of fused-ring (bicyclic) bond motifs is 2. The zero-order valence-corrected chi connectivity index (χ0v) is 19.0. The van der Waals surface area contributed by atoms with Gasteiger partial charge in [0.1, 0.15) is 35.9 Å². The maximum absolute atomic E-state index is 13.9. The van der Waals surface area contributed by atoms with Crippen molar-refractivity contribution in [1.29, 1.82) is 0 Å². The van der Waals surface area contributed by atoms with Crippen LogP contribution in [0.15, 0.2) is 46.8 Å². The number of rotatable bonds is 6. The zero-order valence-electron chi connectivity index (χ0n) is 19.0. The minimum absolute atomic E-state index is 0.107. The van der Waals surface area contributed by atoms with Gasteiger partial charge in [-0.05, 0) is 38.2 Å². The fourth-order valence-electron chi connectivity index (χ4n) is 5.45. The van der Waals surface area contributed by atoms with E-state index in [2.05, 4.69) is 24.1 Å². The van der Waals surface area contributed by atoms with Gasteiger partial charge in [-0.15, -0.1) is 0 Å². The van der Waals surface area contributed by atoms with Gasteiger partial charge in [-0.3, -0.25) is 14.1 Å². The molecule has 1 fully saturated rings. The van der Waals surface area contributed by atoms with Crippen LogP contribution in [0.3, 0.4) is 0 Å². The lowest BCUT2D eigenvalue weighted by atomic mass is 9.99. The molecular formula is C25H30FN4O2+. The van der Waals surface area contributed by atoms with Gasteiger partial charge in [0.2, 0.25) is 0 Å². The lowest BCUT2D eigenvalue weighted by Crippen LogP contribution is -2.43. The summed E-state index contributed by atoms with van der Waals surface area (Å²) in [6.45, 7) is 12.5. The number of carbonyl (C=O) groups is 2. The molecule has 1 N–H and O–H groups in total. The lowest BCUT2D eigenvalue weighted by Gasteiger charge is -2.31. The van der Waals surface area contributed by atoms with Crippen LogP contribution in [-0.2, 0) is 9.59 Å². The highest BCUT2D eigenvalue weighted by Gasteiger charge is 2.58. The SMILES string of the molecule is CCN(CC)CCN1CCC2=C(C1=O)C(C)=C(/C=C1\C(=O)Nc3ccc(F)cc31)[N+]21CC1. The summed E-state index contributed by atoms with van der Waals surface area (Å²) in [5, 5.41) is 2.83. The van der Waals surface area contributed by atoms with Gasteiger partial charge >= 0.3 is 0 Å². The first-order chi connectivity index (χ1) is 15.4. The number of carbonyl (C=O) groups excluding carboxylic acids is 2. The fourth-order valence-corrected chi connectivity index (χ4v) is 5.45. The Hall–Kier alpha value is -2.77. The number of nitrogens with one attached hydrogen (secondary N) is 1. The third kappa shape index (κ3) is 3.14. The maximum Gasteiger partial charge on any atom is 0.260 e. The van der Waals surface area contributed by atoms with Crippen LogP contribution in [0.4, 0.5) is 10.1 Å². The largest absolute Gasteiger partial charge is 0.337 e. The molecule has 7 heteroatoms. The molecule has 1 spiro atoms. The Morgan fingerprint density at radius 3 is 2.66 bits per heavy atom. The number of likely N-dealkylation sites (N-methyl/N-ethyl adjacent to an activating group) is 1. The van der Waals surface area contributed by atoms with Crippen LogP contribution in [0, 0.1) is 5.82 Å². The number of amides is 2. The summed E-state index contributed by atoms with van der Waals surface area (Å²) in [6, 6.07) is 4.36. The number of hydrogen-bond acceptors (Lipinski definition) is 3. The summed E-state index contributed by atoms with van der Waals surface area (Å²) in [6.07, 6.45) is 2.76. The molecule has 0 aliphatic carbocycles. The van der Waals surface area contributed by atoms with Crippen molar-refractivity contribution >= 4 is 23.1 Å². The molecule has 4 aliphatic heterocycles. The van der Waals surface area contributed by atoms with Crippen molar-refractivity contribution in [2.45, 2.75) is 27.2 Å². The summed E-state index contributed by atoms with van der Waals surface area (Å²) in [4.78, 5) is 30.5. The first kappa shape index (κ1) is 21.1. The number of allylic oxidation sites excluding steroid dienone is 1. The van der Waals surface area contributed by atoms with Crippen molar-refractivity contribution in [2.75, 3.05) is 51.1 Å². The molecule has 0 unspecified atom stereocenters. The Labute approximate surface area is 188 Å².